The van der Waals surface area contributed by atoms with Gasteiger partial charge >= 0.3 is 0 Å². The first-order chi connectivity index (χ1) is 14.1. The number of carbonyl (C=O) groups excluding carboxylic acids is 2. The molecule has 29 heavy (non-hydrogen) atoms. The molecule has 0 atom stereocenters. The molecule has 2 N–H and O–H groups in total. The fourth-order valence-corrected chi connectivity index (χ4v) is 4.26. The largest absolute Gasteiger partial charge is 0.378 e. The predicted molar refractivity (Wildman–Crippen MR) is 115 cm³/mol. The number of nitrogens with zero attached hydrogens (tertiary/aromatic N) is 2. The smallest absolute Gasteiger partial charge is 0.253 e. The van der Waals surface area contributed by atoms with Crippen LogP contribution >= 0.6 is 22.9 Å². The predicted octanol–water partition coefficient (Wildman–Crippen LogP) is 3.15. The fraction of sp³-hybridized carbons (Fsp3) is 0.250. The number of ether oxygens (including phenoxy) is 1. The van der Waals surface area contributed by atoms with Crippen LogP contribution in [0.4, 0.5) is 10.8 Å². The zero-order chi connectivity index (χ0) is 20.2. The first-order valence-corrected chi connectivity index (χ1v) is 10.4. The Kier molecular flexibility index (Phi) is 5.94. The van der Waals surface area contributed by atoms with E-state index >= 15 is 0 Å². The van der Waals surface area contributed by atoms with Crippen LogP contribution in [-0.4, -0.2) is 49.6 Å². The Bertz CT molecular complexity index is 1050. The molecule has 3 aromatic rings. The SMILES string of the molecule is O=C(CNC(=O)c1ccccc1Cl)Nc1ccc2nc(N3CCOCC3)sc2c1. The third-order valence-corrected chi connectivity index (χ3v) is 5.88. The van der Waals surface area contributed by atoms with Crippen molar-refractivity contribution in [2.24, 2.45) is 0 Å². The molecule has 0 saturated carbocycles. The summed E-state index contributed by atoms with van der Waals surface area (Å²) in [5.41, 5.74) is 1.89. The summed E-state index contributed by atoms with van der Waals surface area (Å²) in [7, 11) is 0. The summed E-state index contributed by atoms with van der Waals surface area (Å²) in [5.74, 6) is -0.707. The van der Waals surface area contributed by atoms with Crippen LogP contribution in [0.15, 0.2) is 42.5 Å². The number of rotatable bonds is 5. The van der Waals surface area contributed by atoms with Gasteiger partial charge in [-0.15, -0.1) is 0 Å². The number of anilines is 2. The number of nitrogens with one attached hydrogen (secondary N) is 2. The maximum Gasteiger partial charge on any atom is 0.253 e. The van der Waals surface area contributed by atoms with Gasteiger partial charge in [-0.1, -0.05) is 35.1 Å². The van der Waals surface area contributed by atoms with Gasteiger partial charge in [0.15, 0.2) is 5.13 Å². The van der Waals surface area contributed by atoms with Gasteiger partial charge in [-0.2, -0.15) is 0 Å². The second-order valence-corrected chi connectivity index (χ2v) is 7.91. The van der Waals surface area contributed by atoms with E-state index in [2.05, 4.69) is 20.5 Å². The Morgan fingerprint density at radius 1 is 1.17 bits per heavy atom. The van der Waals surface area contributed by atoms with Crippen molar-refractivity contribution in [1.82, 2.24) is 10.3 Å². The summed E-state index contributed by atoms with van der Waals surface area (Å²) in [6, 6.07) is 12.3. The second kappa shape index (κ2) is 8.77. The average Bonchev–Trinajstić information content (AvgIpc) is 3.16. The molecule has 1 fully saturated rings. The van der Waals surface area contributed by atoms with Crippen molar-refractivity contribution in [1.29, 1.82) is 0 Å². The summed E-state index contributed by atoms with van der Waals surface area (Å²) < 4.78 is 6.37. The van der Waals surface area contributed by atoms with Crippen LogP contribution in [0.2, 0.25) is 5.02 Å². The van der Waals surface area contributed by atoms with Gasteiger partial charge in [0.05, 0.1) is 40.6 Å². The maximum atomic E-state index is 12.2. The van der Waals surface area contributed by atoms with E-state index in [1.807, 2.05) is 12.1 Å². The first kappa shape index (κ1) is 19.6. The van der Waals surface area contributed by atoms with E-state index in [-0.39, 0.29) is 18.4 Å². The highest BCUT2D eigenvalue weighted by Gasteiger charge is 2.16. The van der Waals surface area contributed by atoms with Crippen LogP contribution in [-0.2, 0) is 9.53 Å². The molecular formula is C20H19ClN4O3S. The normalized spacial score (nSPS) is 14.0. The number of morpholine rings is 1. The van der Waals surface area contributed by atoms with Crippen LogP contribution in [0, 0.1) is 0 Å². The van der Waals surface area contributed by atoms with Gasteiger partial charge in [-0.25, -0.2) is 4.98 Å². The lowest BCUT2D eigenvalue weighted by molar-refractivity contribution is -0.115. The molecule has 9 heteroatoms. The number of carbonyl (C=O) groups is 2. The molecule has 1 aliphatic heterocycles. The van der Waals surface area contributed by atoms with Crippen molar-refractivity contribution < 1.29 is 14.3 Å². The number of amides is 2. The highest BCUT2D eigenvalue weighted by Crippen LogP contribution is 2.31. The van der Waals surface area contributed by atoms with E-state index in [0.717, 1.165) is 28.4 Å². The Labute approximate surface area is 176 Å². The molecule has 1 aliphatic rings. The summed E-state index contributed by atoms with van der Waals surface area (Å²) in [6.07, 6.45) is 0. The van der Waals surface area contributed by atoms with Gasteiger partial charge < -0.3 is 20.3 Å². The number of thiazole rings is 1. The van der Waals surface area contributed by atoms with E-state index in [1.54, 1.807) is 41.7 Å². The van der Waals surface area contributed by atoms with Crippen molar-refractivity contribution in [3.8, 4) is 0 Å². The fourth-order valence-electron chi connectivity index (χ4n) is 2.99. The van der Waals surface area contributed by atoms with E-state index in [9.17, 15) is 9.59 Å². The third-order valence-electron chi connectivity index (χ3n) is 4.47. The lowest BCUT2D eigenvalue weighted by atomic mass is 10.2. The zero-order valence-electron chi connectivity index (χ0n) is 15.5. The molecule has 7 nitrogen and oxygen atoms in total. The molecule has 0 spiro atoms. The molecule has 2 heterocycles. The second-order valence-electron chi connectivity index (χ2n) is 6.49. The van der Waals surface area contributed by atoms with Gasteiger partial charge in [0.2, 0.25) is 5.91 Å². The molecule has 1 aromatic heterocycles. The minimum Gasteiger partial charge on any atom is -0.378 e. The van der Waals surface area contributed by atoms with Crippen molar-refractivity contribution in [2.75, 3.05) is 43.1 Å². The summed E-state index contributed by atoms with van der Waals surface area (Å²) in [4.78, 5) is 31.3. The van der Waals surface area contributed by atoms with Crippen LogP contribution in [0.25, 0.3) is 10.2 Å². The van der Waals surface area contributed by atoms with Crippen LogP contribution in [0.1, 0.15) is 10.4 Å². The minimum absolute atomic E-state index is 0.149. The molecule has 0 unspecified atom stereocenters. The molecule has 2 amide bonds. The van der Waals surface area contributed by atoms with Crippen molar-refractivity contribution >= 4 is 55.8 Å². The van der Waals surface area contributed by atoms with Crippen LogP contribution in [0.3, 0.4) is 0 Å². The van der Waals surface area contributed by atoms with Crippen molar-refractivity contribution in [3.63, 3.8) is 0 Å². The Hall–Kier alpha value is -2.68. The highest BCUT2D eigenvalue weighted by molar-refractivity contribution is 7.22. The van der Waals surface area contributed by atoms with E-state index < -0.39 is 0 Å². The topological polar surface area (TPSA) is 83.6 Å². The third kappa shape index (κ3) is 4.67. The average molecular weight is 431 g/mol. The Morgan fingerprint density at radius 3 is 2.76 bits per heavy atom. The molecule has 0 bridgehead atoms. The Balaban J connectivity index is 1.37. The van der Waals surface area contributed by atoms with Crippen LogP contribution in [0.5, 0.6) is 0 Å². The number of hydrogen-bond acceptors (Lipinski definition) is 6. The lowest BCUT2D eigenvalue weighted by Gasteiger charge is -2.25. The minimum atomic E-state index is -0.390. The van der Waals surface area contributed by atoms with E-state index in [4.69, 9.17) is 16.3 Å². The van der Waals surface area contributed by atoms with Gasteiger partial charge in [0, 0.05) is 18.8 Å². The lowest BCUT2D eigenvalue weighted by Crippen LogP contribution is -2.36. The molecule has 1 saturated heterocycles. The first-order valence-electron chi connectivity index (χ1n) is 9.16. The number of aromatic nitrogens is 1. The Morgan fingerprint density at radius 2 is 1.97 bits per heavy atom. The van der Waals surface area contributed by atoms with Crippen LogP contribution < -0.4 is 15.5 Å². The molecule has 150 valence electrons. The van der Waals surface area contributed by atoms with Crippen molar-refractivity contribution in [3.05, 3.63) is 53.1 Å². The monoisotopic (exact) mass is 430 g/mol. The molecule has 2 aromatic carbocycles. The summed E-state index contributed by atoms with van der Waals surface area (Å²) >= 11 is 7.59. The summed E-state index contributed by atoms with van der Waals surface area (Å²) in [5, 5.41) is 6.69. The standard InChI is InChI=1S/C20H19ClN4O3S/c21-15-4-2-1-3-14(15)19(27)22-12-18(26)23-13-5-6-16-17(11-13)29-20(24-16)25-7-9-28-10-8-25/h1-6,11H,7-10,12H2,(H,22,27)(H,23,26). The number of hydrogen-bond donors (Lipinski definition) is 2. The number of halogens is 1. The van der Waals surface area contributed by atoms with Crippen molar-refractivity contribution in [2.45, 2.75) is 0 Å². The molecular weight excluding hydrogens is 412 g/mol. The van der Waals surface area contributed by atoms with Gasteiger partial charge in [0.25, 0.3) is 5.91 Å². The highest BCUT2D eigenvalue weighted by atomic mass is 35.5. The van der Waals surface area contributed by atoms with Gasteiger partial charge in [-0.3, -0.25) is 9.59 Å². The number of fused-ring (bicyclic) bond motifs is 1. The molecule has 4 rings (SSSR count). The maximum absolute atomic E-state index is 12.2. The van der Waals surface area contributed by atoms with E-state index in [0.29, 0.717) is 29.5 Å². The van der Waals surface area contributed by atoms with Gasteiger partial charge in [0.1, 0.15) is 0 Å². The van der Waals surface area contributed by atoms with E-state index in [1.165, 1.54) is 0 Å². The quantitative estimate of drug-likeness (QED) is 0.649. The number of benzene rings is 2. The summed E-state index contributed by atoms with van der Waals surface area (Å²) in [6.45, 7) is 2.92. The van der Waals surface area contributed by atoms with Gasteiger partial charge in [-0.05, 0) is 30.3 Å². The molecule has 0 radical (unpaired) electrons. The molecule has 0 aliphatic carbocycles. The zero-order valence-corrected chi connectivity index (χ0v) is 17.1.